The molecule has 0 aliphatic carbocycles. The van der Waals surface area contributed by atoms with Crippen LogP contribution in [0.5, 0.6) is 5.75 Å². The minimum atomic E-state index is -0.231. The van der Waals surface area contributed by atoms with Gasteiger partial charge in [-0.15, -0.1) is 0 Å². The number of para-hydroxylation sites is 1. The largest absolute Gasteiger partial charge is 0.490 e. The van der Waals surface area contributed by atoms with Gasteiger partial charge in [0.2, 0.25) is 0 Å². The van der Waals surface area contributed by atoms with Gasteiger partial charge < -0.3 is 14.8 Å². The number of nitrogens with zero attached hydrogens (tertiary/aromatic N) is 1. The first-order valence-electron chi connectivity index (χ1n) is 7.80. The van der Waals surface area contributed by atoms with E-state index in [0.29, 0.717) is 23.7 Å². The molecule has 0 radical (unpaired) electrons. The molecule has 0 spiro atoms. The summed E-state index contributed by atoms with van der Waals surface area (Å²) >= 11 is 0. The average molecular weight is 312 g/mol. The highest BCUT2D eigenvalue weighted by atomic mass is 16.5. The van der Waals surface area contributed by atoms with Crippen LogP contribution in [-0.2, 0) is 4.74 Å². The minimum absolute atomic E-state index is 0.115. The standard InChI is InChI=1S/C18H20N2O3/c1-13-8-9-19-17(11-13)20-18(21)15-6-2-3-7-16(15)23-12-14-5-4-10-22-14/h2-3,6-9,11,14H,4-5,10,12H2,1H3,(H,19,20,21). The Bertz CT molecular complexity index is 681. The van der Waals surface area contributed by atoms with Crippen molar-refractivity contribution in [1.29, 1.82) is 0 Å². The fourth-order valence-corrected chi connectivity index (χ4v) is 2.53. The van der Waals surface area contributed by atoms with Crippen molar-refractivity contribution in [2.75, 3.05) is 18.5 Å². The van der Waals surface area contributed by atoms with Crippen molar-refractivity contribution in [3.8, 4) is 5.75 Å². The molecule has 1 amide bonds. The molecule has 0 bridgehead atoms. The number of anilines is 1. The summed E-state index contributed by atoms with van der Waals surface area (Å²) in [7, 11) is 0. The van der Waals surface area contributed by atoms with Crippen LogP contribution in [0.2, 0.25) is 0 Å². The average Bonchev–Trinajstić information content (AvgIpc) is 3.06. The van der Waals surface area contributed by atoms with E-state index in [1.807, 2.05) is 31.2 Å². The lowest BCUT2D eigenvalue weighted by Gasteiger charge is -2.14. The van der Waals surface area contributed by atoms with E-state index in [-0.39, 0.29) is 12.0 Å². The van der Waals surface area contributed by atoms with Crippen LogP contribution in [-0.4, -0.2) is 30.2 Å². The number of carbonyl (C=O) groups excluding carboxylic acids is 1. The number of hydrogen-bond acceptors (Lipinski definition) is 4. The molecular formula is C18H20N2O3. The molecule has 1 aromatic carbocycles. The lowest BCUT2D eigenvalue weighted by molar-refractivity contribution is 0.0673. The maximum Gasteiger partial charge on any atom is 0.260 e. The highest BCUT2D eigenvalue weighted by molar-refractivity contribution is 6.05. The molecule has 3 rings (SSSR count). The lowest BCUT2D eigenvalue weighted by atomic mass is 10.2. The fraction of sp³-hybridized carbons (Fsp3) is 0.333. The first-order chi connectivity index (χ1) is 11.2. The van der Waals surface area contributed by atoms with Crippen LogP contribution in [0.4, 0.5) is 5.82 Å². The van der Waals surface area contributed by atoms with Crippen molar-refractivity contribution in [3.05, 3.63) is 53.7 Å². The first-order valence-corrected chi connectivity index (χ1v) is 7.80. The van der Waals surface area contributed by atoms with E-state index in [1.165, 1.54) is 0 Å². The molecule has 0 saturated carbocycles. The van der Waals surface area contributed by atoms with E-state index in [9.17, 15) is 4.79 Å². The summed E-state index contributed by atoms with van der Waals surface area (Å²) in [6, 6.07) is 10.9. The van der Waals surface area contributed by atoms with Gasteiger partial charge in [-0.25, -0.2) is 4.98 Å². The molecule has 5 nitrogen and oxygen atoms in total. The van der Waals surface area contributed by atoms with E-state index >= 15 is 0 Å². The number of benzene rings is 1. The van der Waals surface area contributed by atoms with Crippen molar-refractivity contribution in [2.24, 2.45) is 0 Å². The van der Waals surface area contributed by atoms with E-state index in [4.69, 9.17) is 9.47 Å². The molecule has 2 aromatic rings. The number of hydrogen-bond donors (Lipinski definition) is 1. The Kier molecular flexibility index (Phi) is 4.88. The Hall–Kier alpha value is -2.40. The molecule has 1 fully saturated rings. The summed E-state index contributed by atoms with van der Waals surface area (Å²) in [6.45, 7) is 3.21. The van der Waals surface area contributed by atoms with Crippen LogP contribution < -0.4 is 10.1 Å². The summed E-state index contributed by atoms with van der Waals surface area (Å²) in [6.07, 6.45) is 3.85. The normalized spacial score (nSPS) is 17.0. The van der Waals surface area contributed by atoms with Crippen LogP contribution in [0.1, 0.15) is 28.8 Å². The number of carbonyl (C=O) groups is 1. The van der Waals surface area contributed by atoms with Gasteiger partial charge in [0, 0.05) is 12.8 Å². The molecule has 2 heterocycles. The van der Waals surface area contributed by atoms with Crippen molar-refractivity contribution < 1.29 is 14.3 Å². The van der Waals surface area contributed by atoms with Crippen LogP contribution >= 0.6 is 0 Å². The van der Waals surface area contributed by atoms with Gasteiger partial charge >= 0.3 is 0 Å². The van der Waals surface area contributed by atoms with Crippen molar-refractivity contribution >= 4 is 11.7 Å². The summed E-state index contributed by atoms with van der Waals surface area (Å²) in [4.78, 5) is 16.6. The van der Waals surface area contributed by atoms with Gasteiger partial charge in [0.1, 0.15) is 18.2 Å². The molecule has 23 heavy (non-hydrogen) atoms. The molecule has 1 unspecified atom stereocenters. The maximum absolute atomic E-state index is 12.5. The number of aromatic nitrogens is 1. The second-order valence-electron chi connectivity index (χ2n) is 5.61. The zero-order valence-corrected chi connectivity index (χ0v) is 13.1. The molecule has 5 heteroatoms. The van der Waals surface area contributed by atoms with E-state index < -0.39 is 0 Å². The number of nitrogens with one attached hydrogen (secondary N) is 1. The number of rotatable bonds is 5. The van der Waals surface area contributed by atoms with E-state index in [1.54, 1.807) is 18.3 Å². The Morgan fingerprint density at radius 2 is 2.26 bits per heavy atom. The Balaban J connectivity index is 1.69. The number of pyridine rings is 1. The lowest BCUT2D eigenvalue weighted by Crippen LogP contribution is -2.19. The van der Waals surface area contributed by atoms with Gasteiger partial charge in [-0.05, 0) is 49.6 Å². The zero-order chi connectivity index (χ0) is 16.1. The molecule has 1 aromatic heterocycles. The van der Waals surface area contributed by atoms with Crippen molar-refractivity contribution in [3.63, 3.8) is 0 Å². The quantitative estimate of drug-likeness (QED) is 0.921. The first kappa shape index (κ1) is 15.5. The molecule has 1 saturated heterocycles. The zero-order valence-electron chi connectivity index (χ0n) is 13.1. The third kappa shape index (κ3) is 4.07. The molecule has 1 aliphatic rings. The van der Waals surface area contributed by atoms with Gasteiger partial charge in [-0.1, -0.05) is 12.1 Å². The van der Waals surface area contributed by atoms with Gasteiger partial charge in [-0.2, -0.15) is 0 Å². The van der Waals surface area contributed by atoms with E-state index in [0.717, 1.165) is 25.0 Å². The summed E-state index contributed by atoms with van der Waals surface area (Å²) in [5.74, 6) is 0.864. The van der Waals surface area contributed by atoms with Crippen LogP contribution in [0.3, 0.4) is 0 Å². The Morgan fingerprint density at radius 3 is 3.04 bits per heavy atom. The van der Waals surface area contributed by atoms with Gasteiger partial charge in [-0.3, -0.25) is 4.79 Å². The highest BCUT2D eigenvalue weighted by Crippen LogP contribution is 2.21. The summed E-state index contributed by atoms with van der Waals surface area (Å²) in [5.41, 5.74) is 1.53. The monoisotopic (exact) mass is 312 g/mol. The second kappa shape index (κ2) is 7.24. The third-order valence-electron chi connectivity index (χ3n) is 3.74. The predicted molar refractivity (Wildman–Crippen MR) is 87.8 cm³/mol. The molecule has 1 N–H and O–H groups in total. The molecule has 120 valence electrons. The SMILES string of the molecule is Cc1ccnc(NC(=O)c2ccccc2OCC2CCCO2)c1. The van der Waals surface area contributed by atoms with Gasteiger partial charge in [0.05, 0.1) is 11.7 Å². The Labute approximate surface area is 135 Å². The van der Waals surface area contributed by atoms with Crippen LogP contribution in [0.25, 0.3) is 0 Å². The van der Waals surface area contributed by atoms with Crippen LogP contribution in [0.15, 0.2) is 42.6 Å². The Morgan fingerprint density at radius 1 is 1.39 bits per heavy atom. The van der Waals surface area contributed by atoms with Crippen LogP contribution in [0, 0.1) is 6.92 Å². The maximum atomic E-state index is 12.5. The summed E-state index contributed by atoms with van der Waals surface area (Å²) in [5, 5.41) is 2.81. The highest BCUT2D eigenvalue weighted by Gasteiger charge is 2.18. The van der Waals surface area contributed by atoms with Gasteiger partial charge in [0.25, 0.3) is 5.91 Å². The van der Waals surface area contributed by atoms with Gasteiger partial charge in [0.15, 0.2) is 0 Å². The van der Waals surface area contributed by atoms with Crippen molar-refractivity contribution in [2.45, 2.75) is 25.9 Å². The fourth-order valence-electron chi connectivity index (χ4n) is 2.53. The topological polar surface area (TPSA) is 60.5 Å². The number of aryl methyl sites for hydroxylation is 1. The van der Waals surface area contributed by atoms with Crippen molar-refractivity contribution in [1.82, 2.24) is 4.98 Å². The molecule has 1 atom stereocenters. The van der Waals surface area contributed by atoms with E-state index in [2.05, 4.69) is 10.3 Å². The second-order valence-corrected chi connectivity index (χ2v) is 5.61. The molecular weight excluding hydrogens is 292 g/mol. The number of amides is 1. The minimum Gasteiger partial charge on any atom is -0.490 e. The third-order valence-corrected chi connectivity index (χ3v) is 3.74. The predicted octanol–water partition coefficient (Wildman–Crippen LogP) is 3.20. The smallest absolute Gasteiger partial charge is 0.260 e. The molecule has 1 aliphatic heterocycles. The summed E-state index contributed by atoms with van der Waals surface area (Å²) < 4.78 is 11.3. The number of ether oxygens (including phenoxy) is 2.